The number of fused-ring (bicyclic) bond motifs is 1. The van der Waals surface area contributed by atoms with Crippen molar-refractivity contribution in [3.8, 4) is 0 Å². The molecule has 2 rings (SSSR count). The van der Waals surface area contributed by atoms with E-state index in [0.29, 0.717) is 5.33 Å². The van der Waals surface area contributed by atoms with Gasteiger partial charge in [0.2, 0.25) is 0 Å². The van der Waals surface area contributed by atoms with E-state index in [0.717, 1.165) is 4.31 Å². The first-order chi connectivity index (χ1) is 8.09. The number of rotatable bonds is 3. The van der Waals surface area contributed by atoms with Gasteiger partial charge in [0.25, 0.3) is 15.9 Å². The number of nitrogens with zero attached hydrogens (tertiary/aromatic N) is 1. The Morgan fingerprint density at radius 3 is 2.59 bits per heavy atom. The molecule has 1 aliphatic heterocycles. The number of amides is 1. The molecular weight excluding hydrogens is 306 g/mol. The smallest absolute Gasteiger partial charge is 0.268 e. The lowest BCUT2D eigenvalue weighted by Gasteiger charge is -2.11. The zero-order valence-electron chi connectivity index (χ0n) is 8.84. The molecule has 0 N–H and O–H groups in total. The predicted molar refractivity (Wildman–Crippen MR) is 67.6 cm³/mol. The van der Waals surface area contributed by atoms with E-state index in [1.807, 2.05) is 0 Å². The van der Waals surface area contributed by atoms with Crippen LogP contribution in [0.3, 0.4) is 0 Å². The Morgan fingerprint density at radius 2 is 1.94 bits per heavy atom. The summed E-state index contributed by atoms with van der Waals surface area (Å²) >= 11 is 3.19. The fourth-order valence-corrected chi connectivity index (χ4v) is 3.43. The summed E-state index contributed by atoms with van der Waals surface area (Å²) in [6, 6.07) is 6.26. The van der Waals surface area contributed by atoms with Crippen LogP contribution in [0.1, 0.15) is 10.4 Å². The lowest BCUT2D eigenvalue weighted by atomic mass is 10.2. The van der Waals surface area contributed by atoms with Crippen LogP contribution in [-0.2, 0) is 10.0 Å². The van der Waals surface area contributed by atoms with E-state index in [1.54, 1.807) is 24.3 Å². The van der Waals surface area contributed by atoms with Crippen molar-refractivity contribution in [1.29, 1.82) is 0 Å². The Hall–Kier alpha value is -1.14. The highest BCUT2D eigenvalue weighted by molar-refractivity contribution is 9.09. The third-order valence-corrected chi connectivity index (χ3v) is 4.62. The first-order valence-electron chi connectivity index (χ1n) is 4.96. The average Bonchev–Trinajstić information content (AvgIpc) is 2.51. The summed E-state index contributed by atoms with van der Waals surface area (Å²) in [5.41, 5.74) is 0.250. The molecule has 90 valence electrons. The molecule has 0 aromatic heterocycles. The van der Waals surface area contributed by atoms with Gasteiger partial charge in [0, 0.05) is 5.33 Å². The highest BCUT2D eigenvalue weighted by Gasteiger charge is 2.39. The van der Waals surface area contributed by atoms with E-state index in [-0.39, 0.29) is 17.0 Å². The lowest BCUT2D eigenvalue weighted by Crippen LogP contribution is -2.30. The minimum Gasteiger partial charge on any atom is -0.268 e. The van der Waals surface area contributed by atoms with E-state index >= 15 is 0 Å². The van der Waals surface area contributed by atoms with Gasteiger partial charge in [-0.3, -0.25) is 4.79 Å². The molecular formula is C11H10BrNO3S. The minimum atomic E-state index is -3.66. The van der Waals surface area contributed by atoms with Crippen LogP contribution in [0.5, 0.6) is 0 Å². The van der Waals surface area contributed by atoms with E-state index in [2.05, 4.69) is 15.9 Å². The van der Waals surface area contributed by atoms with Crippen LogP contribution in [0.2, 0.25) is 0 Å². The molecule has 0 bridgehead atoms. The van der Waals surface area contributed by atoms with Gasteiger partial charge in [-0.15, -0.1) is 0 Å². The van der Waals surface area contributed by atoms with E-state index in [1.165, 1.54) is 12.1 Å². The number of halogens is 1. The van der Waals surface area contributed by atoms with Crippen molar-refractivity contribution in [1.82, 2.24) is 4.31 Å². The molecule has 4 nitrogen and oxygen atoms in total. The number of sulfonamides is 1. The number of allylic oxidation sites excluding steroid dienone is 1. The molecule has 0 radical (unpaired) electrons. The molecule has 0 atom stereocenters. The predicted octanol–water partition coefficient (Wildman–Crippen LogP) is 1.78. The second-order valence-electron chi connectivity index (χ2n) is 3.46. The quantitative estimate of drug-likeness (QED) is 0.631. The first kappa shape index (κ1) is 12.3. The normalized spacial score (nSPS) is 17.7. The molecule has 0 fully saturated rings. The summed E-state index contributed by atoms with van der Waals surface area (Å²) in [6.07, 6.45) is 3.40. The third-order valence-electron chi connectivity index (χ3n) is 2.44. The topological polar surface area (TPSA) is 54.5 Å². The standard InChI is InChI=1S/C11H10BrNO3S/c12-7-3-4-8-13-11(14)9-5-1-2-6-10(9)17(13,15)16/h1-6H,7-8H2/b4-3+. The fraction of sp³-hybridized carbons (Fsp3) is 0.182. The van der Waals surface area contributed by atoms with Gasteiger partial charge < -0.3 is 0 Å². The summed E-state index contributed by atoms with van der Waals surface area (Å²) in [5.74, 6) is -0.458. The summed E-state index contributed by atoms with van der Waals surface area (Å²) < 4.78 is 25.0. The number of benzene rings is 1. The van der Waals surface area contributed by atoms with Crippen LogP contribution in [0.4, 0.5) is 0 Å². The van der Waals surface area contributed by atoms with Gasteiger partial charge in [-0.05, 0) is 12.1 Å². The van der Waals surface area contributed by atoms with Crippen molar-refractivity contribution in [2.24, 2.45) is 0 Å². The van der Waals surface area contributed by atoms with Crippen molar-refractivity contribution in [2.45, 2.75) is 4.90 Å². The minimum absolute atomic E-state index is 0.0709. The maximum Gasteiger partial charge on any atom is 0.269 e. The number of carbonyl (C=O) groups excluding carboxylic acids is 1. The molecule has 0 spiro atoms. The summed E-state index contributed by atoms with van der Waals surface area (Å²) in [7, 11) is -3.66. The molecule has 0 aliphatic carbocycles. The molecule has 1 heterocycles. The monoisotopic (exact) mass is 315 g/mol. The molecule has 0 unspecified atom stereocenters. The summed E-state index contributed by atoms with van der Waals surface area (Å²) in [4.78, 5) is 12.0. The van der Waals surface area contributed by atoms with Crippen LogP contribution in [0.15, 0.2) is 41.3 Å². The zero-order chi connectivity index (χ0) is 12.5. The number of hydrogen-bond donors (Lipinski definition) is 0. The van der Waals surface area contributed by atoms with Crippen LogP contribution in [-0.4, -0.2) is 30.5 Å². The average molecular weight is 316 g/mol. The molecule has 0 saturated heterocycles. The van der Waals surface area contributed by atoms with Crippen molar-refractivity contribution in [2.75, 3.05) is 11.9 Å². The van der Waals surface area contributed by atoms with Crippen molar-refractivity contribution >= 4 is 31.9 Å². The highest BCUT2D eigenvalue weighted by atomic mass is 79.9. The Kier molecular flexibility index (Phi) is 3.35. The van der Waals surface area contributed by atoms with E-state index < -0.39 is 15.9 Å². The highest BCUT2D eigenvalue weighted by Crippen LogP contribution is 2.29. The molecule has 1 aromatic carbocycles. The maximum absolute atomic E-state index is 12.0. The van der Waals surface area contributed by atoms with Crippen LogP contribution >= 0.6 is 15.9 Å². The van der Waals surface area contributed by atoms with Crippen LogP contribution in [0.25, 0.3) is 0 Å². The molecule has 1 amide bonds. The Morgan fingerprint density at radius 1 is 1.24 bits per heavy atom. The number of carbonyl (C=O) groups is 1. The number of alkyl halides is 1. The first-order valence-corrected chi connectivity index (χ1v) is 7.52. The van der Waals surface area contributed by atoms with Crippen LogP contribution < -0.4 is 0 Å². The van der Waals surface area contributed by atoms with Gasteiger partial charge in [0.05, 0.1) is 12.1 Å². The van der Waals surface area contributed by atoms with E-state index in [9.17, 15) is 13.2 Å². The van der Waals surface area contributed by atoms with Gasteiger partial charge in [0.1, 0.15) is 4.90 Å². The Labute approximate surface area is 108 Å². The molecule has 1 aromatic rings. The van der Waals surface area contributed by atoms with Gasteiger partial charge in [-0.2, -0.15) is 0 Å². The molecule has 6 heteroatoms. The molecule has 1 aliphatic rings. The van der Waals surface area contributed by atoms with Crippen molar-refractivity contribution < 1.29 is 13.2 Å². The maximum atomic E-state index is 12.0. The van der Waals surface area contributed by atoms with E-state index in [4.69, 9.17) is 0 Å². The Bertz CT molecular complexity index is 580. The lowest BCUT2D eigenvalue weighted by molar-refractivity contribution is 0.0880. The summed E-state index contributed by atoms with van der Waals surface area (Å²) in [5, 5.41) is 0.627. The molecule has 17 heavy (non-hydrogen) atoms. The second-order valence-corrected chi connectivity index (χ2v) is 5.94. The SMILES string of the molecule is O=C1c2ccccc2S(=O)(=O)N1C/C=C/CBr. The van der Waals surface area contributed by atoms with Crippen LogP contribution in [0, 0.1) is 0 Å². The zero-order valence-corrected chi connectivity index (χ0v) is 11.2. The molecule has 0 saturated carbocycles. The van der Waals surface area contributed by atoms with Crippen molar-refractivity contribution in [3.05, 3.63) is 42.0 Å². The Balaban J connectivity index is 2.41. The fourth-order valence-electron chi connectivity index (χ4n) is 1.64. The number of hydrogen-bond acceptors (Lipinski definition) is 3. The van der Waals surface area contributed by atoms with Crippen molar-refractivity contribution in [3.63, 3.8) is 0 Å². The largest absolute Gasteiger partial charge is 0.269 e. The van der Waals surface area contributed by atoms with Gasteiger partial charge in [-0.25, -0.2) is 12.7 Å². The van der Waals surface area contributed by atoms with Gasteiger partial charge in [0.15, 0.2) is 0 Å². The third kappa shape index (κ3) is 2.02. The summed E-state index contributed by atoms with van der Waals surface area (Å²) in [6.45, 7) is 0.0709. The van der Waals surface area contributed by atoms with Gasteiger partial charge in [-0.1, -0.05) is 40.2 Å². The second kappa shape index (κ2) is 4.62. The van der Waals surface area contributed by atoms with Gasteiger partial charge >= 0.3 is 0 Å².